The van der Waals surface area contributed by atoms with Crippen molar-refractivity contribution < 1.29 is 13.9 Å². The summed E-state index contributed by atoms with van der Waals surface area (Å²) >= 11 is 1.76. The van der Waals surface area contributed by atoms with E-state index in [1.807, 2.05) is 24.8 Å². The lowest BCUT2D eigenvalue weighted by Gasteiger charge is -2.31. The first-order valence-electron chi connectivity index (χ1n) is 9.76. The molecule has 0 bridgehead atoms. The monoisotopic (exact) mass is 404 g/mol. The molecule has 1 amide bonds. The molecule has 2 unspecified atom stereocenters. The second kappa shape index (κ2) is 9.63. The topological polar surface area (TPSA) is 32.8 Å². The number of carbonyl (C=O) groups is 1. The molecule has 6 heteroatoms. The summed E-state index contributed by atoms with van der Waals surface area (Å²) in [6.07, 6.45) is 0. The highest BCUT2D eigenvalue weighted by molar-refractivity contribution is 7.09. The first-order chi connectivity index (χ1) is 13.5. The highest BCUT2D eigenvalue weighted by atomic mass is 32.1. The average molecular weight is 405 g/mol. The fraction of sp³-hybridized carbons (Fsp3) is 0.500. The van der Waals surface area contributed by atoms with E-state index in [9.17, 15) is 9.18 Å². The van der Waals surface area contributed by atoms with E-state index in [2.05, 4.69) is 22.4 Å². The number of amides is 1. The van der Waals surface area contributed by atoms with Crippen molar-refractivity contribution in [3.05, 3.63) is 58.0 Å². The predicted molar refractivity (Wildman–Crippen MR) is 111 cm³/mol. The van der Waals surface area contributed by atoms with E-state index < -0.39 is 0 Å². The van der Waals surface area contributed by atoms with Crippen LogP contribution in [0.15, 0.2) is 41.8 Å². The maximum atomic E-state index is 13.9. The van der Waals surface area contributed by atoms with Crippen LogP contribution in [0.3, 0.4) is 0 Å². The first kappa shape index (κ1) is 21.0. The second-order valence-electron chi connectivity index (χ2n) is 7.77. The van der Waals surface area contributed by atoms with Gasteiger partial charge in [0.25, 0.3) is 0 Å². The van der Waals surface area contributed by atoms with Gasteiger partial charge >= 0.3 is 0 Å². The summed E-state index contributed by atoms with van der Waals surface area (Å²) in [7, 11) is 1.55. The minimum absolute atomic E-state index is 0.00667. The lowest BCUT2D eigenvalue weighted by Crippen LogP contribution is -2.43. The fourth-order valence-electron chi connectivity index (χ4n) is 4.07. The molecule has 1 aromatic heterocycles. The third-order valence-electron chi connectivity index (χ3n) is 5.40. The van der Waals surface area contributed by atoms with Crippen LogP contribution in [0.25, 0.3) is 0 Å². The molecule has 0 N–H and O–H groups in total. The van der Waals surface area contributed by atoms with Gasteiger partial charge in [-0.05, 0) is 48.9 Å². The van der Waals surface area contributed by atoms with Gasteiger partial charge in [0, 0.05) is 50.1 Å². The van der Waals surface area contributed by atoms with Gasteiger partial charge in [-0.2, -0.15) is 0 Å². The molecule has 0 spiro atoms. The molecule has 1 aliphatic rings. The molecule has 28 heavy (non-hydrogen) atoms. The number of halogens is 1. The molecule has 0 radical (unpaired) electrons. The largest absolute Gasteiger partial charge is 0.375 e. The van der Waals surface area contributed by atoms with Crippen LogP contribution in [0.5, 0.6) is 0 Å². The van der Waals surface area contributed by atoms with E-state index >= 15 is 0 Å². The molecule has 2 atom stereocenters. The standard InChI is InChI=1S/C22H29FN2O2S/c1-16(2)25(22(26)15-27-3)12-18-11-24(13-20-8-5-9-28-20)14-21(18)17-6-4-7-19(23)10-17/h4-10,16,18,21H,11-15H2,1-3H3. The van der Waals surface area contributed by atoms with Gasteiger partial charge in [0.1, 0.15) is 12.4 Å². The van der Waals surface area contributed by atoms with Gasteiger partial charge in [0.2, 0.25) is 5.91 Å². The molecule has 1 saturated heterocycles. The SMILES string of the molecule is COCC(=O)N(CC1CN(Cc2cccs2)CC1c1cccc(F)c1)C(C)C. The zero-order valence-corrected chi connectivity index (χ0v) is 17.6. The Bertz CT molecular complexity index is 766. The van der Waals surface area contributed by atoms with Crippen LogP contribution in [-0.4, -0.2) is 55.1 Å². The lowest BCUT2D eigenvalue weighted by atomic mass is 9.88. The molecule has 152 valence electrons. The highest BCUT2D eigenvalue weighted by Gasteiger charge is 2.36. The minimum atomic E-state index is -0.205. The zero-order chi connectivity index (χ0) is 20.1. The van der Waals surface area contributed by atoms with Gasteiger partial charge in [-0.3, -0.25) is 9.69 Å². The Balaban J connectivity index is 1.80. The average Bonchev–Trinajstić information content (AvgIpc) is 3.29. The number of hydrogen-bond acceptors (Lipinski definition) is 4. The van der Waals surface area contributed by atoms with Crippen molar-refractivity contribution in [3.63, 3.8) is 0 Å². The lowest BCUT2D eigenvalue weighted by molar-refractivity contribution is -0.137. The van der Waals surface area contributed by atoms with E-state index in [4.69, 9.17) is 4.74 Å². The van der Waals surface area contributed by atoms with E-state index in [1.165, 1.54) is 10.9 Å². The minimum Gasteiger partial charge on any atom is -0.375 e. The molecule has 1 aliphatic heterocycles. The van der Waals surface area contributed by atoms with Crippen molar-refractivity contribution in [1.82, 2.24) is 9.80 Å². The molecule has 2 heterocycles. The molecule has 3 rings (SSSR count). The van der Waals surface area contributed by atoms with Crippen LogP contribution in [0.2, 0.25) is 0 Å². The maximum absolute atomic E-state index is 13.9. The van der Waals surface area contributed by atoms with Crippen LogP contribution >= 0.6 is 11.3 Å². The smallest absolute Gasteiger partial charge is 0.248 e. The molecule has 4 nitrogen and oxygen atoms in total. The normalized spacial score (nSPS) is 20.0. The Kier molecular flexibility index (Phi) is 7.21. The molecule has 1 fully saturated rings. The number of carbonyl (C=O) groups excluding carboxylic acids is 1. The number of rotatable bonds is 8. The number of benzene rings is 1. The zero-order valence-electron chi connectivity index (χ0n) is 16.8. The van der Waals surface area contributed by atoms with Gasteiger partial charge in [0.15, 0.2) is 0 Å². The van der Waals surface area contributed by atoms with Crippen LogP contribution in [0.1, 0.15) is 30.2 Å². The molecule has 0 aliphatic carbocycles. The van der Waals surface area contributed by atoms with Crippen LogP contribution in [0, 0.1) is 11.7 Å². The van der Waals surface area contributed by atoms with Crippen molar-refractivity contribution in [2.24, 2.45) is 5.92 Å². The molecule has 1 aromatic carbocycles. The number of methoxy groups -OCH3 is 1. The van der Waals surface area contributed by atoms with E-state index in [0.717, 1.165) is 25.2 Å². The quantitative estimate of drug-likeness (QED) is 0.667. The molecular formula is C22H29FN2O2S. The van der Waals surface area contributed by atoms with Crippen molar-refractivity contribution in [1.29, 1.82) is 0 Å². The number of hydrogen-bond donors (Lipinski definition) is 0. The van der Waals surface area contributed by atoms with Crippen molar-refractivity contribution in [2.75, 3.05) is 33.4 Å². The summed E-state index contributed by atoms with van der Waals surface area (Å²) in [6.45, 7) is 7.47. The summed E-state index contributed by atoms with van der Waals surface area (Å²) in [6, 6.07) is 11.2. The maximum Gasteiger partial charge on any atom is 0.248 e. The van der Waals surface area contributed by atoms with Gasteiger partial charge in [0.05, 0.1) is 0 Å². The summed E-state index contributed by atoms with van der Waals surface area (Å²) in [4.78, 5) is 18.2. The van der Waals surface area contributed by atoms with Gasteiger partial charge in [-0.25, -0.2) is 4.39 Å². The third kappa shape index (κ3) is 5.19. The van der Waals surface area contributed by atoms with Gasteiger partial charge in [-0.15, -0.1) is 11.3 Å². The summed E-state index contributed by atoms with van der Waals surface area (Å²) in [5, 5.41) is 2.09. The highest BCUT2D eigenvalue weighted by Crippen LogP contribution is 2.35. The number of nitrogens with zero attached hydrogens (tertiary/aromatic N) is 2. The van der Waals surface area contributed by atoms with Gasteiger partial charge < -0.3 is 9.64 Å². The summed E-state index contributed by atoms with van der Waals surface area (Å²) < 4.78 is 18.9. The van der Waals surface area contributed by atoms with Crippen molar-refractivity contribution in [2.45, 2.75) is 32.4 Å². The van der Waals surface area contributed by atoms with Crippen LogP contribution < -0.4 is 0 Å². The first-order valence-corrected chi connectivity index (χ1v) is 10.6. The number of thiophene rings is 1. The Morgan fingerprint density at radius 2 is 2.14 bits per heavy atom. The summed E-state index contributed by atoms with van der Waals surface area (Å²) in [5.74, 6) is 0.258. The number of ether oxygens (including phenoxy) is 1. The fourth-order valence-corrected chi connectivity index (χ4v) is 4.82. The molecule has 2 aromatic rings. The van der Waals surface area contributed by atoms with Crippen LogP contribution in [0.4, 0.5) is 4.39 Å². The molecule has 0 saturated carbocycles. The van der Waals surface area contributed by atoms with Crippen molar-refractivity contribution >= 4 is 17.2 Å². The van der Waals surface area contributed by atoms with E-state index in [1.54, 1.807) is 30.6 Å². The van der Waals surface area contributed by atoms with Crippen LogP contribution in [-0.2, 0) is 16.1 Å². The Labute approximate surface area is 170 Å². The third-order valence-corrected chi connectivity index (χ3v) is 6.26. The number of likely N-dealkylation sites (tertiary alicyclic amines) is 1. The van der Waals surface area contributed by atoms with E-state index in [0.29, 0.717) is 6.54 Å². The Hall–Kier alpha value is -1.76. The Morgan fingerprint density at radius 1 is 1.32 bits per heavy atom. The predicted octanol–water partition coefficient (Wildman–Crippen LogP) is 3.99. The molecular weight excluding hydrogens is 375 g/mol. The van der Waals surface area contributed by atoms with E-state index in [-0.39, 0.29) is 36.2 Å². The Morgan fingerprint density at radius 3 is 2.79 bits per heavy atom. The summed E-state index contributed by atoms with van der Waals surface area (Å²) in [5.41, 5.74) is 1.02. The van der Waals surface area contributed by atoms with Crippen molar-refractivity contribution in [3.8, 4) is 0 Å². The second-order valence-corrected chi connectivity index (χ2v) is 8.80. The van der Waals surface area contributed by atoms with Gasteiger partial charge in [-0.1, -0.05) is 18.2 Å².